The fourth-order valence-electron chi connectivity index (χ4n) is 1.57. The summed E-state index contributed by atoms with van der Waals surface area (Å²) >= 11 is 5.35. The highest BCUT2D eigenvalue weighted by atomic mass is 79.9. The van der Waals surface area contributed by atoms with E-state index in [9.17, 15) is 0 Å². The monoisotopic (exact) mass is 281 g/mol. The van der Waals surface area contributed by atoms with E-state index in [1.807, 2.05) is 7.05 Å². The molecule has 3 heteroatoms. The predicted molar refractivity (Wildman–Crippen MR) is 70.2 cm³/mol. The van der Waals surface area contributed by atoms with Crippen LogP contribution in [0.15, 0.2) is 40.2 Å². The fraction of sp³-hybridized carbons (Fsp3) is 0.167. The highest BCUT2D eigenvalue weighted by molar-refractivity contribution is 9.10. The predicted octanol–water partition coefficient (Wildman–Crippen LogP) is 3.90. The van der Waals surface area contributed by atoms with E-state index in [0.29, 0.717) is 0 Å². The molecular formula is C12H12BrNS. The fourth-order valence-corrected chi connectivity index (χ4v) is 3.22. The number of rotatable bonds is 3. The van der Waals surface area contributed by atoms with Crippen molar-refractivity contribution in [3.8, 4) is 10.4 Å². The third-order valence-electron chi connectivity index (χ3n) is 2.25. The molecule has 0 saturated heterocycles. The Bertz CT molecular complexity index is 450. The zero-order chi connectivity index (χ0) is 10.7. The van der Waals surface area contributed by atoms with E-state index in [1.165, 1.54) is 20.5 Å². The molecule has 1 aromatic carbocycles. The van der Waals surface area contributed by atoms with Gasteiger partial charge in [0.1, 0.15) is 0 Å². The Morgan fingerprint density at radius 2 is 2.07 bits per heavy atom. The quantitative estimate of drug-likeness (QED) is 0.900. The molecule has 1 heterocycles. The maximum Gasteiger partial charge on any atom is 0.0488 e. The maximum absolute atomic E-state index is 3.58. The first-order valence-corrected chi connectivity index (χ1v) is 6.46. The van der Waals surface area contributed by atoms with Gasteiger partial charge in [0.05, 0.1) is 0 Å². The minimum atomic E-state index is 0.903. The lowest BCUT2D eigenvalue weighted by atomic mass is 10.1. The number of thiophene rings is 1. The second-order valence-electron chi connectivity index (χ2n) is 3.29. The molecular weight excluding hydrogens is 270 g/mol. The van der Waals surface area contributed by atoms with Gasteiger partial charge in [-0.15, -0.1) is 11.3 Å². The van der Waals surface area contributed by atoms with Crippen LogP contribution >= 0.6 is 27.3 Å². The molecule has 1 N–H and O–H groups in total. The lowest BCUT2D eigenvalue weighted by molar-refractivity contribution is 0.819. The van der Waals surface area contributed by atoms with Crippen molar-refractivity contribution in [2.24, 2.45) is 0 Å². The normalized spacial score (nSPS) is 10.5. The van der Waals surface area contributed by atoms with Crippen molar-refractivity contribution in [3.63, 3.8) is 0 Å². The number of benzene rings is 1. The first kappa shape index (κ1) is 10.9. The molecule has 0 aliphatic rings. The average Bonchev–Trinajstić information content (AvgIpc) is 2.66. The van der Waals surface area contributed by atoms with E-state index in [2.05, 4.69) is 57.0 Å². The molecule has 0 aliphatic heterocycles. The number of hydrogen-bond acceptors (Lipinski definition) is 2. The molecule has 78 valence electrons. The van der Waals surface area contributed by atoms with Crippen molar-refractivity contribution in [1.82, 2.24) is 5.32 Å². The molecule has 0 atom stereocenters. The molecule has 0 aliphatic carbocycles. The van der Waals surface area contributed by atoms with Crippen LogP contribution in [-0.2, 0) is 6.54 Å². The molecule has 2 aromatic rings. The van der Waals surface area contributed by atoms with Crippen molar-refractivity contribution in [2.45, 2.75) is 6.54 Å². The minimum absolute atomic E-state index is 0.903. The molecule has 0 unspecified atom stereocenters. The zero-order valence-electron chi connectivity index (χ0n) is 8.46. The van der Waals surface area contributed by atoms with Crippen LogP contribution in [0.3, 0.4) is 0 Å². The zero-order valence-corrected chi connectivity index (χ0v) is 10.9. The van der Waals surface area contributed by atoms with Crippen molar-refractivity contribution in [3.05, 3.63) is 45.7 Å². The largest absolute Gasteiger partial charge is 0.316 e. The van der Waals surface area contributed by atoms with Crippen LogP contribution in [0.5, 0.6) is 0 Å². The van der Waals surface area contributed by atoms with Crippen molar-refractivity contribution >= 4 is 27.3 Å². The van der Waals surface area contributed by atoms with Gasteiger partial charge in [-0.05, 0) is 45.6 Å². The Labute approximate surface area is 102 Å². The van der Waals surface area contributed by atoms with Crippen molar-refractivity contribution in [2.75, 3.05) is 7.05 Å². The number of nitrogens with one attached hydrogen (secondary N) is 1. The Morgan fingerprint density at radius 1 is 1.27 bits per heavy atom. The first-order valence-electron chi connectivity index (χ1n) is 4.79. The third kappa shape index (κ3) is 2.30. The van der Waals surface area contributed by atoms with Crippen LogP contribution in [0.2, 0.25) is 0 Å². The van der Waals surface area contributed by atoms with Crippen molar-refractivity contribution in [1.29, 1.82) is 0 Å². The molecule has 1 nitrogen and oxygen atoms in total. The van der Waals surface area contributed by atoms with Gasteiger partial charge in [-0.3, -0.25) is 0 Å². The highest BCUT2D eigenvalue weighted by Gasteiger charge is 2.08. The number of halogens is 1. The minimum Gasteiger partial charge on any atom is -0.316 e. The van der Waals surface area contributed by atoms with Gasteiger partial charge < -0.3 is 5.32 Å². The molecule has 0 radical (unpaired) electrons. The number of hydrogen-bond donors (Lipinski definition) is 1. The van der Waals surface area contributed by atoms with E-state index in [0.717, 1.165) is 6.54 Å². The maximum atomic E-state index is 3.58. The molecule has 0 spiro atoms. The van der Waals surface area contributed by atoms with Gasteiger partial charge in [-0.2, -0.15) is 0 Å². The van der Waals surface area contributed by atoms with E-state index in [4.69, 9.17) is 0 Å². The lowest BCUT2D eigenvalue weighted by Gasteiger charge is -2.07. The second kappa shape index (κ2) is 4.92. The van der Waals surface area contributed by atoms with E-state index < -0.39 is 0 Å². The van der Waals surface area contributed by atoms with Gasteiger partial charge >= 0.3 is 0 Å². The van der Waals surface area contributed by atoms with Gasteiger partial charge in [-0.1, -0.05) is 24.3 Å². The second-order valence-corrected chi connectivity index (χ2v) is 5.06. The Hall–Kier alpha value is -0.640. The van der Waals surface area contributed by atoms with Crippen LogP contribution in [0.1, 0.15) is 5.56 Å². The summed E-state index contributed by atoms with van der Waals surface area (Å²) in [5.41, 5.74) is 2.65. The van der Waals surface area contributed by atoms with Gasteiger partial charge in [0, 0.05) is 15.9 Å². The summed E-state index contributed by atoms with van der Waals surface area (Å²) in [6.07, 6.45) is 0. The molecule has 15 heavy (non-hydrogen) atoms. The molecule has 1 aromatic heterocycles. The molecule has 0 fully saturated rings. The average molecular weight is 282 g/mol. The summed E-state index contributed by atoms with van der Waals surface area (Å²) in [6, 6.07) is 10.6. The van der Waals surface area contributed by atoms with Gasteiger partial charge in [0.15, 0.2) is 0 Å². The van der Waals surface area contributed by atoms with E-state index in [1.54, 1.807) is 11.3 Å². The summed E-state index contributed by atoms with van der Waals surface area (Å²) in [6.45, 7) is 0.903. The SMILES string of the molecule is CNCc1ccccc1-c1sccc1Br. The summed E-state index contributed by atoms with van der Waals surface area (Å²) in [5.74, 6) is 0. The van der Waals surface area contributed by atoms with Crippen LogP contribution < -0.4 is 5.32 Å². The van der Waals surface area contributed by atoms with Gasteiger partial charge in [-0.25, -0.2) is 0 Å². The lowest BCUT2D eigenvalue weighted by Crippen LogP contribution is -2.05. The summed E-state index contributed by atoms with van der Waals surface area (Å²) in [5, 5.41) is 5.30. The summed E-state index contributed by atoms with van der Waals surface area (Å²) in [7, 11) is 1.97. The van der Waals surface area contributed by atoms with Gasteiger partial charge in [0.25, 0.3) is 0 Å². The molecule has 2 rings (SSSR count). The molecule has 0 saturated carbocycles. The summed E-state index contributed by atoms with van der Waals surface area (Å²) in [4.78, 5) is 1.31. The van der Waals surface area contributed by atoms with Gasteiger partial charge in [0.2, 0.25) is 0 Å². The van der Waals surface area contributed by atoms with Crippen molar-refractivity contribution < 1.29 is 0 Å². The smallest absolute Gasteiger partial charge is 0.0488 e. The third-order valence-corrected chi connectivity index (χ3v) is 4.12. The Morgan fingerprint density at radius 3 is 2.73 bits per heavy atom. The standard InChI is InChI=1S/C12H12BrNS/c1-14-8-9-4-2-3-5-10(9)12-11(13)6-7-15-12/h2-7,14H,8H2,1H3. The topological polar surface area (TPSA) is 12.0 Å². The van der Waals surface area contributed by atoms with E-state index >= 15 is 0 Å². The van der Waals surface area contributed by atoms with Crippen LogP contribution in [0.4, 0.5) is 0 Å². The van der Waals surface area contributed by atoms with E-state index in [-0.39, 0.29) is 0 Å². The van der Waals surface area contributed by atoms with Crippen LogP contribution in [0.25, 0.3) is 10.4 Å². The van der Waals surface area contributed by atoms with Crippen LogP contribution in [0, 0.1) is 0 Å². The summed E-state index contributed by atoms with van der Waals surface area (Å²) < 4.78 is 1.18. The Balaban J connectivity index is 2.48. The Kier molecular flexibility index (Phi) is 3.57. The van der Waals surface area contributed by atoms with Crippen LogP contribution in [-0.4, -0.2) is 7.05 Å². The molecule has 0 bridgehead atoms. The highest BCUT2D eigenvalue weighted by Crippen LogP contribution is 2.35. The molecule has 0 amide bonds. The first-order chi connectivity index (χ1) is 7.33.